The highest BCUT2D eigenvalue weighted by Gasteiger charge is 2.09. The van der Waals surface area contributed by atoms with Crippen molar-refractivity contribution in [1.29, 1.82) is 10.5 Å². The number of nitrogens with zero attached hydrogens (tertiary/aromatic N) is 4. The van der Waals surface area contributed by atoms with E-state index in [-0.39, 0.29) is 0 Å². The van der Waals surface area contributed by atoms with E-state index in [9.17, 15) is 0 Å². The molecule has 4 nitrogen and oxygen atoms in total. The maximum Gasteiger partial charge on any atom is 0.142 e. The molecular formula is C14H18N4. The third-order valence-electron chi connectivity index (χ3n) is 2.64. The van der Waals surface area contributed by atoms with Crippen LogP contribution in [0.5, 0.6) is 0 Å². The Bertz CT molecular complexity index is 454. The predicted molar refractivity (Wildman–Crippen MR) is 70.9 cm³/mol. The van der Waals surface area contributed by atoms with Crippen LogP contribution in [-0.2, 0) is 0 Å². The zero-order chi connectivity index (χ0) is 13.4. The van der Waals surface area contributed by atoms with Gasteiger partial charge in [0.25, 0.3) is 0 Å². The molecule has 0 aromatic carbocycles. The lowest BCUT2D eigenvalue weighted by Crippen LogP contribution is -2.27. The second-order valence-electron chi connectivity index (χ2n) is 4.57. The zero-order valence-corrected chi connectivity index (χ0v) is 10.9. The Morgan fingerprint density at radius 2 is 2.06 bits per heavy atom. The lowest BCUT2D eigenvalue weighted by atomic mass is 10.1. The molecule has 0 atom stereocenters. The van der Waals surface area contributed by atoms with Gasteiger partial charge in [0.2, 0.25) is 0 Å². The molecule has 0 aliphatic heterocycles. The fraction of sp³-hybridized carbons (Fsp3) is 0.500. The Morgan fingerprint density at radius 3 is 2.67 bits per heavy atom. The Kier molecular flexibility index (Phi) is 5.67. The van der Waals surface area contributed by atoms with Crippen LogP contribution < -0.4 is 4.90 Å². The minimum Gasteiger partial charge on any atom is -0.356 e. The summed E-state index contributed by atoms with van der Waals surface area (Å²) in [4.78, 5) is 6.35. The Hall–Kier alpha value is -2.07. The molecule has 0 aliphatic carbocycles. The summed E-state index contributed by atoms with van der Waals surface area (Å²) in [7, 11) is 0. The van der Waals surface area contributed by atoms with Crippen LogP contribution in [-0.4, -0.2) is 18.1 Å². The van der Waals surface area contributed by atoms with Crippen molar-refractivity contribution < 1.29 is 0 Å². The number of nitriles is 2. The first-order valence-corrected chi connectivity index (χ1v) is 6.16. The molecular weight excluding hydrogens is 224 g/mol. The van der Waals surface area contributed by atoms with Gasteiger partial charge in [0, 0.05) is 13.1 Å². The first-order chi connectivity index (χ1) is 8.67. The molecule has 0 amide bonds. The average Bonchev–Trinajstić information content (AvgIpc) is 2.38. The number of aromatic nitrogens is 1. The van der Waals surface area contributed by atoms with Gasteiger partial charge in [-0.3, -0.25) is 0 Å². The van der Waals surface area contributed by atoms with Crippen LogP contribution in [0, 0.1) is 28.6 Å². The van der Waals surface area contributed by atoms with Gasteiger partial charge in [-0.1, -0.05) is 19.9 Å². The van der Waals surface area contributed by atoms with Crippen LogP contribution in [0.2, 0.25) is 0 Å². The van der Waals surface area contributed by atoms with E-state index in [0.717, 1.165) is 18.8 Å². The van der Waals surface area contributed by atoms with Crippen LogP contribution >= 0.6 is 0 Å². The van der Waals surface area contributed by atoms with Crippen LogP contribution in [0.4, 0.5) is 5.82 Å². The Labute approximate surface area is 108 Å². The number of pyridine rings is 1. The summed E-state index contributed by atoms with van der Waals surface area (Å²) in [5.74, 6) is 1.39. The third-order valence-corrected chi connectivity index (χ3v) is 2.64. The highest BCUT2D eigenvalue weighted by Crippen LogP contribution is 2.14. The van der Waals surface area contributed by atoms with Crippen molar-refractivity contribution >= 4 is 5.82 Å². The van der Waals surface area contributed by atoms with Gasteiger partial charge in [0.1, 0.15) is 17.6 Å². The maximum absolute atomic E-state index is 8.85. The number of anilines is 1. The van der Waals surface area contributed by atoms with Gasteiger partial charge in [-0.15, -0.1) is 0 Å². The van der Waals surface area contributed by atoms with Crippen LogP contribution in [0.15, 0.2) is 18.2 Å². The molecule has 1 heterocycles. The number of rotatable bonds is 6. The molecule has 0 spiro atoms. The Balaban J connectivity index is 2.80. The van der Waals surface area contributed by atoms with Crippen molar-refractivity contribution in [2.24, 2.45) is 5.92 Å². The van der Waals surface area contributed by atoms with Crippen molar-refractivity contribution in [3.05, 3.63) is 23.9 Å². The van der Waals surface area contributed by atoms with Gasteiger partial charge >= 0.3 is 0 Å². The van der Waals surface area contributed by atoms with E-state index in [0.29, 0.717) is 24.6 Å². The van der Waals surface area contributed by atoms with Crippen molar-refractivity contribution in [2.45, 2.75) is 26.7 Å². The fourth-order valence-corrected chi connectivity index (χ4v) is 1.60. The monoisotopic (exact) mass is 242 g/mol. The van der Waals surface area contributed by atoms with Gasteiger partial charge in [-0.2, -0.15) is 10.5 Å². The third kappa shape index (κ3) is 4.43. The predicted octanol–water partition coefficient (Wildman–Crippen LogP) is 2.72. The normalized spacial score (nSPS) is 9.83. The molecule has 0 N–H and O–H groups in total. The molecule has 0 saturated carbocycles. The van der Waals surface area contributed by atoms with Crippen molar-refractivity contribution in [2.75, 3.05) is 18.0 Å². The molecule has 1 aromatic rings. The van der Waals surface area contributed by atoms with E-state index in [1.807, 2.05) is 18.2 Å². The van der Waals surface area contributed by atoms with Crippen molar-refractivity contribution in [1.82, 2.24) is 4.98 Å². The largest absolute Gasteiger partial charge is 0.356 e. The SMILES string of the molecule is CC(C)CCN(CCC#N)c1cccc(C#N)n1. The lowest BCUT2D eigenvalue weighted by molar-refractivity contribution is 0.571. The Morgan fingerprint density at radius 1 is 1.28 bits per heavy atom. The van der Waals surface area contributed by atoms with E-state index >= 15 is 0 Å². The second-order valence-corrected chi connectivity index (χ2v) is 4.57. The molecule has 0 radical (unpaired) electrons. The van der Waals surface area contributed by atoms with Crippen molar-refractivity contribution in [3.63, 3.8) is 0 Å². The number of hydrogen-bond donors (Lipinski definition) is 0. The quantitative estimate of drug-likeness (QED) is 0.769. The molecule has 0 bridgehead atoms. The second kappa shape index (κ2) is 7.29. The summed E-state index contributed by atoms with van der Waals surface area (Å²) in [5, 5.41) is 17.5. The minimum atomic E-state index is 0.416. The standard InChI is InChI=1S/C14H18N4/c1-12(2)7-10-18(9-4-8-15)14-6-3-5-13(11-16)17-14/h3,5-6,12H,4,7,9-10H2,1-2H3. The summed E-state index contributed by atoms with van der Waals surface area (Å²) in [6.45, 7) is 5.86. The first kappa shape index (κ1) is 14.0. The smallest absolute Gasteiger partial charge is 0.142 e. The van der Waals surface area contributed by atoms with Gasteiger partial charge in [0.15, 0.2) is 0 Å². The minimum absolute atomic E-state index is 0.416. The number of hydrogen-bond acceptors (Lipinski definition) is 4. The van der Waals surface area contributed by atoms with E-state index in [4.69, 9.17) is 10.5 Å². The molecule has 18 heavy (non-hydrogen) atoms. The summed E-state index contributed by atoms with van der Waals surface area (Å²) < 4.78 is 0. The molecule has 0 unspecified atom stereocenters. The molecule has 0 aliphatic rings. The summed E-state index contributed by atoms with van der Waals surface area (Å²) >= 11 is 0. The molecule has 94 valence electrons. The average molecular weight is 242 g/mol. The topological polar surface area (TPSA) is 63.7 Å². The van der Waals surface area contributed by atoms with E-state index < -0.39 is 0 Å². The maximum atomic E-state index is 8.85. The van der Waals surface area contributed by atoms with Gasteiger partial charge < -0.3 is 4.90 Å². The molecule has 0 fully saturated rings. The van der Waals surface area contributed by atoms with Crippen LogP contribution in [0.1, 0.15) is 32.4 Å². The van der Waals surface area contributed by atoms with E-state index in [2.05, 4.69) is 29.8 Å². The molecule has 1 aromatic heterocycles. The summed E-state index contributed by atoms with van der Waals surface area (Å²) in [5.41, 5.74) is 0.416. The van der Waals surface area contributed by atoms with Gasteiger partial charge in [-0.25, -0.2) is 4.98 Å². The van der Waals surface area contributed by atoms with Crippen LogP contribution in [0.3, 0.4) is 0 Å². The summed E-state index contributed by atoms with van der Waals surface area (Å²) in [6.07, 6.45) is 1.51. The lowest BCUT2D eigenvalue weighted by Gasteiger charge is -2.23. The highest BCUT2D eigenvalue weighted by atomic mass is 15.2. The molecule has 1 rings (SSSR count). The summed E-state index contributed by atoms with van der Waals surface area (Å²) in [6, 6.07) is 9.60. The van der Waals surface area contributed by atoms with Gasteiger partial charge in [-0.05, 0) is 24.5 Å². The van der Waals surface area contributed by atoms with Gasteiger partial charge in [0.05, 0.1) is 12.5 Å². The molecule has 4 heteroatoms. The van der Waals surface area contributed by atoms with E-state index in [1.165, 1.54) is 0 Å². The zero-order valence-electron chi connectivity index (χ0n) is 10.9. The highest BCUT2D eigenvalue weighted by molar-refractivity contribution is 5.41. The van der Waals surface area contributed by atoms with E-state index in [1.54, 1.807) is 6.07 Å². The molecule has 0 saturated heterocycles. The van der Waals surface area contributed by atoms with Crippen molar-refractivity contribution in [3.8, 4) is 12.1 Å². The van der Waals surface area contributed by atoms with Crippen LogP contribution in [0.25, 0.3) is 0 Å². The first-order valence-electron chi connectivity index (χ1n) is 6.16. The fourth-order valence-electron chi connectivity index (χ4n) is 1.60.